The lowest BCUT2D eigenvalue weighted by molar-refractivity contribution is -0.156. The average molecular weight is 255 g/mol. The van der Waals surface area contributed by atoms with Gasteiger partial charge in [-0.15, -0.1) is 0 Å². The van der Waals surface area contributed by atoms with Gasteiger partial charge in [-0.2, -0.15) is 0 Å². The molecule has 18 heavy (non-hydrogen) atoms. The predicted molar refractivity (Wildman–Crippen MR) is 71.2 cm³/mol. The second-order valence-electron chi connectivity index (χ2n) is 4.69. The van der Waals surface area contributed by atoms with E-state index >= 15 is 0 Å². The monoisotopic (exact) mass is 255 g/mol. The molecule has 1 aliphatic rings. The number of nitrogens with zero attached hydrogens (tertiary/aromatic N) is 2. The summed E-state index contributed by atoms with van der Waals surface area (Å²) >= 11 is 0. The van der Waals surface area contributed by atoms with Crippen LogP contribution >= 0.6 is 0 Å². The van der Waals surface area contributed by atoms with Crippen LogP contribution in [-0.4, -0.2) is 60.9 Å². The molecule has 1 heterocycles. The zero-order valence-corrected chi connectivity index (χ0v) is 11.6. The lowest BCUT2D eigenvalue weighted by Gasteiger charge is -2.33. The van der Waals surface area contributed by atoms with E-state index in [2.05, 4.69) is 12.2 Å². The van der Waals surface area contributed by atoms with Gasteiger partial charge in [0, 0.05) is 26.2 Å². The van der Waals surface area contributed by atoms with Gasteiger partial charge in [-0.1, -0.05) is 13.8 Å². The van der Waals surface area contributed by atoms with Crippen molar-refractivity contribution >= 4 is 11.8 Å². The second kappa shape index (κ2) is 8.08. The van der Waals surface area contributed by atoms with Gasteiger partial charge >= 0.3 is 11.8 Å². The third-order valence-electron chi connectivity index (χ3n) is 3.10. The van der Waals surface area contributed by atoms with Crippen LogP contribution in [0.15, 0.2) is 0 Å². The Morgan fingerprint density at radius 1 is 0.944 bits per heavy atom. The normalized spacial score (nSPS) is 16.6. The molecule has 0 spiro atoms. The zero-order valence-electron chi connectivity index (χ0n) is 11.6. The molecule has 0 radical (unpaired) electrons. The molecule has 0 aromatic heterocycles. The first-order valence-corrected chi connectivity index (χ1v) is 6.99. The van der Waals surface area contributed by atoms with Crippen molar-refractivity contribution in [3.05, 3.63) is 0 Å². The highest BCUT2D eigenvalue weighted by atomic mass is 16.2. The molecule has 5 heteroatoms. The highest BCUT2D eigenvalue weighted by Gasteiger charge is 2.31. The Morgan fingerprint density at radius 2 is 1.56 bits per heavy atom. The molecule has 1 saturated heterocycles. The molecule has 5 nitrogen and oxygen atoms in total. The fourth-order valence-electron chi connectivity index (χ4n) is 2.11. The summed E-state index contributed by atoms with van der Waals surface area (Å²) in [4.78, 5) is 27.0. The molecule has 104 valence electrons. The van der Waals surface area contributed by atoms with Crippen LogP contribution in [0.4, 0.5) is 0 Å². The van der Waals surface area contributed by atoms with Gasteiger partial charge in [0.15, 0.2) is 0 Å². The van der Waals surface area contributed by atoms with Crippen LogP contribution in [0.3, 0.4) is 0 Å². The zero-order chi connectivity index (χ0) is 13.4. The molecule has 2 amide bonds. The maximum Gasteiger partial charge on any atom is 0.312 e. The van der Waals surface area contributed by atoms with Crippen LogP contribution in [0.5, 0.6) is 0 Å². The van der Waals surface area contributed by atoms with E-state index in [1.54, 1.807) is 9.80 Å². The largest absolute Gasteiger partial charge is 0.333 e. The maximum atomic E-state index is 11.8. The van der Waals surface area contributed by atoms with Crippen molar-refractivity contribution in [2.45, 2.75) is 33.1 Å². The van der Waals surface area contributed by atoms with Gasteiger partial charge in [0.05, 0.1) is 0 Å². The quantitative estimate of drug-likeness (QED) is 0.506. The average Bonchev–Trinajstić information content (AvgIpc) is 2.37. The summed E-state index contributed by atoms with van der Waals surface area (Å²) in [6.07, 6.45) is 2.93. The van der Waals surface area contributed by atoms with Crippen molar-refractivity contribution in [2.75, 3.05) is 39.3 Å². The van der Waals surface area contributed by atoms with Crippen LogP contribution < -0.4 is 5.32 Å². The Hall–Kier alpha value is -1.10. The number of piperazine rings is 1. The molecular formula is C13H25N3O2. The first-order valence-electron chi connectivity index (χ1n) is 6.99. The summed E-state index contributed by atoms with van der Waals surface area (Å²) in [5.74, 6) is -0.658. The minimum atomic E-state index is -0.329. The Bertz CT molecular complexity index is 281. The first kappa shape index (κ1) is 15.0. The summed E-state index contributed by atoms with van der Waals surface area (Å²) in [6, 6.07) is 0. The molecule has 1 rings (SSSR count). The number of rotatable bonds is 8. The lowest BCUT2D eigenvalue weighted by atomic mass is 10.2. The number of carbonyl (C=O) groups excluding carboxylic acids is 2. The number of amides is 2. The molecular weight excluding hydrogens is 230 g/mol. The third kappa shape index (κ3) is 4.29. The Balaban J connectivity index is 2.28. The second-order valence-corrected chi connectivity index (χ2v) is 4.69. The molecule has 0 atom stereocenters. The summed E-state index contributed by atoms with van der Waals surface area (Å²) in [7, 11) is 0. The molecule has 0 unspecified atom stereocenters. The minimum Gasteiger partial charge on any atom is -0.333 e. The Labute approximate surface area is 110 Å². The molecule has 1 aliphatic heterocycles. The molecule has 0 bridgehead atoms. The summed E-state index contributed by atoms with van der Waals surface area (Å²) in [5, 5.41) is 3.30. The van der Waals surface area contributed by atoms with Crippen molar-refractivity contribution in [1.29, 1.82) is 0 Å². The molecule has 0 aromatic rings. The standard InChI is InChI=1S/C13H25N3O2/c1-3-6-14-7-5-9-16-11-10-15(8-4-2)12(17)13(16)18/h14H,3-11H2,1-2H3. The van der Waals surface area contributed by atoms with Gasteiger partial charge in [-0.3, -0.25) is 9.59 Å². The Morgan fingerprint density at radius 3 is 2.11 bits per heavy atom. The SMILES string of the molecule is CCCNCCCN1CCN(CCC)C(=O)C1=O. The summed E-state index contributed by atoms with van der Waals surface area (Å²) in [5.41, 5.74) is 0. The van der Waals surface area contributed by atoms with Gasteiger partial charge < -0.3 is 15.1 Å². The highest BCUT2D eigenvalue weighted by molar-refractivity contribution is 6.35. The van der Waals surface area contributed by atoms with E-state index in [4.69, 9.17) is 0 Å². The van der Waals surface area contributed by atoms with Gasteiger partial charge in [0.1, 0.15) is 0 Å². The van der Waals surface area contributed by atoms with Crippen molar-refractivity contribution < 1.29 is 9.59 Å². The van der Waals surface area contributed by atoms with Crippen molar-refractivity contribution in [3.8, 4) is 0 Å². The lowest BCUT2D eigenvalue weighted by Crippen LogP contribution is -2.54. The van der Waals surface area contributed by atoms with E-state index in [1.807, 2.05) is 6.92 Å². The molecule has 0 aliphatic carbocycles. The molecule has 1 N–H and O–H groups in total. The minimum absolute atomic E-state index is 0.329. The predicted octanol–water partition coefficient (Wildman–Crippen LogP) is 0.457. The first-order chi connectivity index (χ1) is 8.70. The van der Waals surface area contributed by atoms with Crippen molar-refractivity contribution in [2.24, 2.45) is 0 Å². The summed E-state index contributed by atoms with van der Waals surface area (Å²) < 4.78 is 0. The molecule has 1 fully saturated rings. The van der Waals surface area contributed by atoms with Gasteiger partial charge in [0.2, 0.25) is 0 Å². The number of carbonyl (C=O) groups is 2. The summed E-state index contributed by atoms with van der Waals surface area (Å²) in [6.45, 7) is 8.80. The van der Waals surface area contributed by atoms with E-state index in [-0.39, 0.29) is 11.8 Å². The van der Waals surface area contributed by atoms with Gasteiger partial charge in [0.25, 0.3) is 0 Å². The molecule has 0 aromatic carbocycles. The topological polar surface area (TPSA) is 52.6 Å². The van der Waals surface area contributed by atoms with E-state index in [9.17, 15) is 9.59 Å². The van der Waals surface area contributed by atoms with Crippen LogP contribution in [-0.2, 0) is 9.59 Å². The smallest absolute Gasteiger partial charge is 0.312 e. The van der Waals surface area contributed by atoms with Gasteiger partial charge in [-0.25, -0.2) is 0 Å². The van der Waals surface area contributed by atoms with Crippen LogP contribution in [0.1, 0.15) is 33.1 Å². The highest BCUT2D eigenvalue weighted by Crippen LogP contribution is 2.06. The van der Waals surface area contributed by atoms with Crippen LogP contribution in [0.25, 0.3) is 0 Å². The molecule has 0 saturated carbocycles. The Kier molecular flexibility index (Phi) is 6.72. The maximum absolute atomic E-state index is 11.8. The van der Waals surface area contributed by atoms with Crippen molar-refractivity contribution in [1.82, 2.24) is 15.1 Å². The van der Waals surface area contributed by atoms with Crippen LogP contribution in [0, 0.1) is 0 Å². The van der Waals surface area contributed by atoms with E-state index < -0.39 is 0 Å². The van der Waals surface area contributed by atoms with Crippen molar-refractivity contribution in [3.63, 3.8) is 0 Å². The third-order valence-corrected chi connectivity index (χ3v) is 3.10. The number of hydrogen-bond acceptors (Lipinski definition) is 3. The van der Waals surface area contributed by atoms with E-state index in [1.165, 1.54) is 0 Å². The van der Waals surface area contributed by atoms with E-state index in [0.717, 1.165) is 32.4 Å². The number of hydrogen-bond donors (Lipinski definition) is 1. The van der Waals surface area contributed by atoms with Crippen LogP contribution in [0.2, 0.25) is 0 Å². The fourth-order valence-corrected chi connectivity index (χ4v) is 2.11. The fraction of sp³-hybridized carbons (Fsp3) is 0.846. The number of nitrogens with one attached hydrogen (secondary N) is 1. The van der Waals surface area contributed by atoms with E-state index in [0.29, 0.717) is 26.2 Å². The van der Waals surface area contributed by atoms with Gasteiger partial charge in [-0.05, 0) is 32.4 Å².